The van der Waals surface area contributed by atoms with Crippen LogP contribution < -0.4 is 0 Å². The summed E-state index contributed by atoms with van der Waals surface area (Å²) in [6.45, 7) is 4.25. The lowest BCUT2D eigenvalue weighted by molar-refractivity contribution is -0.142. The lowest BCUT2D eigenvalue weighted by atomic mass is 10.1. The Morgan fingerprint density at radius 1 is 1.50 bits per heavy atom. The summed E-state index contributed by atoms with van der Waals surface area (Å²) in [5, 5.41) is 0. The predicted molar refractivity (Wildman–Crippen MR) is 71.9 cm³/mol. The van der Waals surface area contributed by atoms with Crippen molar-refractivity contribution in [2.45, 2.75) is 25.1 Å². The van der Waals surface area contributed by atoms with Crippen molar-refractivity contribution in [3.8, 4) is 0 Å². The summed E-state index contributed by atoms with van der Waals surface area (Å²) >= 11 is 6.82. The van der Waals surface area contributed by atoms with Crippen molar-refractivity contribution in [2.75, 3.05) is 6.61 Å². The summed E-state index contributed by atoms with van der Waals surface area (Å²) in [7, 11) is 0. The zero-order valence-electron chi connectivity index (χ0n) is 9.30. The van der Waals surface area contributed by atoms with E-state index in [2.05, 4.69) is 37.9 Å². The van der Waals surface area contributed by atoms with Gasteiger partial charge in [0, 0.05) is 4.47 Å². The van der Waals surface area contributed by atoms with Crippen LogP contribution in [0.4, 0.5) is 0 Å². The first kappa shape index (κ1) is 13.7. The first-order valence-corrected chi connectivity index (χ1v) is 6.81. The van der Waals surface area contributed by atoms with Crippen LogP contribution >= 0.6 is 31.9 Å². The number of carbonyl (C=O) groups excluding carboxylic acids is 1. The molecule has 0 aromatic heterocycles. The van der Waals surface area contributed by atoms with E-state index in [0.717, 1.165) is 10.0 Å². The molecule has 1 atom stereocenters. The van der Waals surface area contributed by atoms with Crippen molar-refractivity contribution < 1.29 is 9.53 Å². The van der Waals surface area contributed by atoms with Gasteiger partial charge in [0.2, 0.25) is 0 Å². The molecule has 1 aromatic rings. The second-order valence-electron chi connectivity index (χ2n) is 3.52. The maximum atomic E-state index is 11.5. The molecule has 0 heterocycles. The average molecular weight is 350 g/mol. The molecule has 0 spiro atoms. The molecule has 0 aliphatic carbocycles. The number of esters is 1. The van der Waals surface area contributed by atoms with E-state index in [1.807, 2.05) is 19.1 Å². The molecule has 0 fully saturated rings. The first-order chi connectivity index (χ1) is 7.54. The van der Waals surface area contributed by atoms with Gasteiger partial charge in [0.15, 0.2) is 0 Å². The number of aryl methyl sites for hydroxylation is 1. The van der Waals surface area contributed by atoms with E-state index in [-0.39, 0.29) is 10.8 Å². The van der Waals surface area contributed by atoms with Crippen molar-refractivity contribution in [1.29, 1.82) is 0 Å². The maximum Gasteiger partial charge on any atom is 0.320 e. The molecule has 1 unspecified atom stereocenters. The summed E-state index contributed by atoms with van der Waals surface area (Å²) in [4.78, 5) is 11.2. The lowest BCUT2D eigenvalue weighted by Gasteiger charge is -2.10. The fourth-order valence-corrected chi connectivity index (χ4v) is 2.26. The van der Waals surface area contributed by atoms with Crippen LogP contribution in [0.3, 0.4) is 0 Å². The number of rotatable bonds is 4. The van der Waals surface area contributed by atoms with Gasteiger partial charge in [-0.2, -0.15) is 0 Å². The topological polar surface area (TPSA) is 26.3 Å². The van der Waals surface area contributed by atoms with Gasteiger partial charge in [-0.1, -0.05) is 49.6 Å². The molecule has 1 rings (SSSR count). The van der Waals surface area contributed by atoms with Crippen LogP contribution in [0.2, 0.25) is 0 Å². The van der Waals surface area contributed by atoms with E-state index in [9.17, 15) is 4.79 Å². The van der Waals surface area contributed by atoms with Gasteiger partial charge in [-0.05, 0) is 31.9 Å². The monoisotopic (exact) mass is 348 g/mol. The quantitative estimate of drug-likeness (QED) is 0.613. The minimum Gasteiger partial charge on any atom is -0.465 e. The number of carbonyl (C=O) groups is 1. The van der Waals surface area contributed by atoms with Crippen LogP contribution in [-0.2, 0) is 16.0 Å². The van der Waals surface area contributed by atoms with Crippen molar-refractivity contribution >= 4 is 37.8 Å². The lowest BCUT2D eigenvalue weighted by Crippen LogP contribution is -2.19. The largest absolute Gasteiger partial charge is 0.465 e. The number of hydrogen-bond donors (Lipinski definition) is 0. The standard InChI is InChI=1S/C12H14Br2O2/c1-3-16-12(15)11(14)7-9-6-8(2)4-5-10(9)13/h4-6,11H,3,7H2,1-2H3. The minimum atomic E-state index is -0.287. The van der Waals surface area contributed by atoms with Crippen LogP contribution in [0, 0.1) is 6.92 Å². The molecule has 0 radical (unpaired) electrons. The van der Waals surface area contributed by atoms with E-state index in [1.165, 1.54) is 5.56 Å². The Morgan fingerprint density at radius 3 is 2.81 bits per heavy atom. The second-order valence-corrected chi connectivity index (χ2v) is 5.48. The second kappa shape index (κ2) is 6.40. The molecule has 4 heteroatoms. The Morgan fingerprint density at radius 2 is 2.19 bits per heavy atom. The first-order valence-electron chi connectivity index (χ1n) is 5.10. The molecule has 2 nitrogen and oxygen atoms in total. The van der Waals surface area contributed by atoms with Crippen molar-refractivity contribution in [3.63, 3.8) is 0 Å². The third kappa shape index (κ3) is 3.91. The summed E-state index contributed by atoms with van der Waals surface area (Å²) in [6, 6.07) is 6.09. The van der Waals surface area contributed by atoms with Crippen molar-refractivity contribution in [1.82, 2.24) is 0 Å². The van der Waals surface area contributed by atoms with Crippen molar-refractivity contribution in [2.24, 2.45) is 0 Å². The molecular weight excluding hydrogens is 336 g/mol. The Bertz CT molecular complexity index is 377. The third-order valence-electron chi connectivity index (χ3n) is 2.14. The van der Waals surface area contributed by atoms with Crippen molar-refractivity contribution in [3.05, 3.63) is 33.8 Å². The molecule has 0 saturated carbocycles. The minimum absolute atomic E-state index is 0.212. The Labute approximate surface area is 113 Å². The van der Waals surface area contributed by atoms with Crippen LogP contribution in [0.1, 0.15) is 18.1 Å². The summed E-state index contributed by atoms with van der Waals surface area (Å²) in [6.07, 6.45) is 0.626. The normalized spacial score (nSPS) is 12.2. The molecule has 0 bridgehead atoms. The number of benzene rings is 1. The molecular formula is C12H14Br2O2. The van der Waals surface area contributed by atoms with Gasteiger partial charge in [0.25, 0.3) is 0 Å². The van der Waals surface area contributed by atoms with Gasteiger partial charge in [-0.15, -0.1) is 0 Å². The number of ether oxygens (including phenoxy) is 1. The Kier molecular flexibility index (Phi) is 5.49. The van der Waals surface area contributed by atoms with Crippen LogP contribution in [-0.4, -0.2) is 17.4 Å². The van der Waals surface area contributed by atoms with Gasteiger partial charge >= 0.3 is 5.97 Å². The summed E-state index contributed by atoms with van der Waals surface area (Å²) in [5.41, 5.74) is 2.29. The zero-order valence-corrected chi connectivity index (χ0v) is 12.5. The Balaban J connectivity index is 2.72. The van der Waals surface area contributed by atoms with Gasteiger partial charge in [-0.3, -0.25) is 4.79 Å². The van der Waals surface area contributed by atoms with Crippen LogP contribution in [0.25, 0.3) is 0 Å². The highest BCUT2D eigenvalue weighted by Crippen LogP contribution is 2.22. The third-order valence-corrected chi connectivity index (χ3v) is 3.61. The zero-order chi connectivity index (χ0) is 12.1. The average Bonchev–Trinajstić information content (AvgIpc) is 2.23. The molecule has 0 aliphatic heterocycles. The molecule has 88 valence electrons. The predicted octanol–water partition coefficient (Wildman–Crippen LogP) is 3.63. The van der Waals surface area contributed by atoms with Gasteiger partial charge in [0.1, 0.15) is 4.83 Å². The molecule has 16 heavy (non-hydrogen) atoms. The van der Waals surface area contributed by atoms with Gasteiger partial charge < -0.3 is 4.74 Å². The molecule has 0 aliphatic rings. The fourth-order valence-electron chi connectivity index (χ4n) is 1.37. The maximum absolute atomic E-state index is 11.5. The highest BCUT2D eigenvalue weighted by atomic mass is 79.9. The molecule has 0 saturated heterocycles. The number of hydrogen-bond acceptors (Lipinski definition) is 2. The number of alkyl halides is 1. The molecule has 1 aromatic carbocycles. The fraction of sp³-hybridized carbons (Fsp3) is 0.417. The SMILES string of the molecule is CCOC(=O)C(Br)Cc1cc(C)ccc1Br. The van der Waals surface area contributed by atoms with E-state index in [4.69, 9.17) is 4.74 Å². The summed E-state index contributed by atoms with van der Waals surface area (Å²) in [5.74, 6) is -0.212. The number of halogens is 2. The smallest absolute Gasteiger partial charge is 0.320 e. The Hall–Kier alpha value is -0.350. The van der Waals surface area contributed by atoms with Gasteiger partial charge in [-0.25, -0.2) is 0 Å². The highest BCUT2D eigenvalue weighted by Gasteiger charge is 2.17. The van der Waals surface area contributed by atoms with E-state index >= 15 is 0 Å². The highest BCUT2D eigenvalue weighted by molar-refractivity contribution is 9.10. The summed E-state index contributed by atoms with van der Waals surface area (Å²) < 4.78 is 5.97. The van der Waals surface area contributed by atoms with E-state index in [1.54, 1.807) is 6.92 Å². The van der Waals surface area contributed by atoms with Crippen LogP contribution in [0.15, 0.2) is 22.7 Å². The molecule has 0 N–H and O–H groups in total. The van der Waals surface area contributed by atoms with E-state index < -0.39 is 0 Å². The molecule has 0 amide bonds. The van der Waals surface area contributed by atoms with Gasteiger partial charge in [0.05, 0.1) is 6.61 Å². The van der Waals surface area contributed by atoms with Crippen LogP contribution in [0.5, 0.6) is 0 Å². The van der Waals surface area contributed by atoms with E-state index in [0.29, 0.717) is 13.0 Å².